The molecule has 0 aliphatic rings. The quantitative estimate of drug-likeness (QED) is 0.0650. The molecule has 0 heterocycles. The number of halogens is 5. The normalized spacial score (nSPS) is 11.4. The van der Waals surface area contributed by atoms with Crippen LogP contribution in [0.1, 0.15) is 58.5 Å². The first-order chi connectivity index (χ1) is 25.6. The van der Waals surface area contributed by atoms with Gasteiger partial charge in [0.05, 0.1) is 24.5 Å². The van der Waals surface area contributed by atoms with Crippen LogP contribution in [0.25, 0.3) is 11.1 Å². The van der Waals surface area contributed by atoms with Crippen molar-refractivity contribution < 1.29 is 60.1 Å². The largest absolute Gasteiger partial charge is 0.465 e. The lowest BCUT2D eigenvalue weighted by atomic mass is 9.76. The number of nitrogens with one attached hydrogen (secondary N) is 1. The van der Waals surface area contributed by atoms with E-state index < -0.39 is 88.4 Å². The van der Waals surface area contributed by atoms with Crippen LogP contribution in [0, 0.1) is 11.6 Å². The summed E-state index contributed by atoms with van der Waals surface area (Å²) >= 11 is 0. The average molecular weight is 755 g/mol. The predicted octanol–water partition coefficient (Wildman–Crippen LogP) is 7.35. The Morgan fingerprint density at radius 1 is 0.759 bits per heavy atom. The number of hydrogen-bond donors (Lipinski definition) is 1. The summed E-state index contributed by atoms with van der Waals surface area (Å²) in [6.07, 6.45) is -5.95. The third-order valence-electron chi connectivity index (χ3n) is 8.17. The maximum atomic E-state index is 16.1. The molecule has 0 aliphatic heterocycles. The van der Waals surface area contributed by atoms with Gasteiger partial charge in [0.2, 0.25) is 5.75 Å². The van der Waals surface area contributed by atoms with Gasteiger partial charge in [-0.15, -0.1) is 0 Å². The van der Waals surface area contributed by atoms with Crippen LogP contribution in [0.4, 0.5) is 27.6 Å². The fraction of sp³-hybridized carbons (Fsp3) is 0.256. The molecule has 0 saturated carbocycles. The molecule has 10 nitrogen and oxygen atoms in total. The Kier molecular flexibility index (Phi) is 12.9. The molecule has 2 amide bonds. The Bertz CT molecular complexity index is 2020. The van der Waals surface area contributed by atoms with E-state index in [2.05, 4.69) is 5.32 Å². The molecule has 0 aliphatic carbocycles. The Morgan fingerprint density at radius 2 is 1.33 bits per heavy atom. The second kappa shape index (κ2) is 17.1. The van der Waals surface area contributed by atoms with Gasteiger partial charge in [-0.05, 0) is 55.2 Å². The molecular weight excluding hydrogens is 719 g/mol. The summed E-state index contributed by atoms with van der Waals surface area (Å²) in [5.41, 5.74) is -4.19. The summed E-state index contributed by atoms with van der Waals surface area (Å²) in [5.74, 6) is -9.86. The van der Waals surface area contributed by atoms with E-state index in [0.717, 1.165) is 29.2 Å². The molecular formula is C39H35F5N2O8. The fourth-order valence-corrected chi connectivity index (χ4v) is 5.54. The first kappa shape index (κ1) is 40.6. The number of ether oxygens (including phenoxy) is 3. The van der Waals surface area contributed by atoms with Crippen LogP contribution in [0.5, 0.6) is 5.75 Å². The SMILES string of the molecule is CCOC(=O)C(CCC(=O)Oc1c(F)cc(NC(=O)c2ccccc2-c2ccc(C(F)(F)F)cc2)c(C(=O)N(C)C)c1F)(C(=O)OCC)c1ccccc1. The highest BCUT2D eigenvalue weighted by molar-refractivity contribution is 6.12. The topological polar surface area (TPSA) is 128 Å². The van der Waals surface area contributed by atoms with E-state index >= 15 is 8.78 Å². The van der Waals surface area contributed by atoms with Crippen molar-refractivity contribution in [2.75, 3.05) is 32.6 Å². The monoisotopic (exact) mass is 754 g/mol. The van der Waals surface area contributed by atoms with Crippen LogP contribution in [0.15, 0.2) is 84.9 Å². The van der Waals surface area contributed by atoms with E-state index in [0.29, 0.717) is 6.07 Å². The minimum atomic E-state index is -4.60. The van der Waals surface area contributed by atoms with E-state index in [1.807, 2.05) is 0 Å². The number of hydrogen-bond acceptors (Lipinski definition) is 8. The molecule has 0 aromatic heterocycles. The minimum Gasteiger partial charge on any atom is -0.465 e. The summed E-state index contributed by atoms with van der Waals surface area (Å²) < 4.78 is 86.6. The summed E-state index contributed by atoms with van der Waals surface area (Å²) in [5, 5.41) is 2.29. The molecule has 0 radical (unpaired) electrons. The molecule has 0 unspecified atom stereocenters. The molecule has 4 rings (SSSR count). The Morgan fingerprint density at radius 3 is 1.89 bits per heavy atom. The van der Waals surface area contributed by atoms with Gasteiger partial charge in [-0.2, -0.15) is 13.2 Å². The maximum Gasteiger partial charge on any atom is 0.416 e. The zero-order valence-corrected chi connectivity index (χ0v) is 29.5. The minimum absolute atomic E-state index is 0.109. The molecule has 0 saturated heterocycles. The first-order valence-electron chi connectivity index (χ1n) is 16.5. The van der Waals surface area contributed by atoms with E-state index in [4.69, 9.17) is 14.2 Å². The number of nitrogens with zero attached hydrogens (tertiary/aromatic N) is 1. The summed E-state index contributed by atoms with van der Waals surface area (Å²) in [7, 11) is 2.49. The molecule has 0 atom stereocenters. The first-order valence-corrected chi connectivity index (χ1v) is 16.5. The van der Waals surface area contributed by atoms with E-state index in [-0.39, 0.29) is 35.5 Å². The van der Waals surface area contributed by atoms with Crippen LogP contribution in [-0.4, -0.2) is 61.9 Å². The number of benzene rings is 4. The van der Waals surface area contributed by atoms with Crippen molar-refractivity contribution in [3.05, 3.63) is 119 Å². The Hall–Kier alpha value is -6.12. The zero-order valence-electron chi connectivity index (χ0n) is 29.5. The van der Waals surface area contributed by atoms with Gasteiger partial charge < -0.3 is 24.4 Å². The predicted molar refractivity (Wildman–Crippen MR) is 185 cm³/mol. The van der Waals surface area contributed by atoms with E-state index in [1.54, 1.807) is 18.2 Å². The number of rotatable bonds is 13. The van der Waals surface area contributed by atoms with Crippen molar-refractivity contribution in [1.29, 1.82) is 0 Å². The highest BCUT2D eigenvalue weighted by Crippen LogP contribution is 2.37. The molecule has 4 aromatic rings. The lowest BCUT2D eigenvalue weighted by Gasteiger charge is -2.29. The summed E-state index contributed by atoms with van der Waals surface area (Å²) in [6, 6.07) is 17.9. The fourth-order valence-electron chi connectivity index (χ4n) is 5.54. The molecule has 0 fully saturated rings. The van der Waals surface area contributed by atoms with Gasteiger partial charge in [0.1, 0.15) is 5.56 Å². The van der Waals surface area contributed by atoms with Crippen molar-refractivity contribution in [2.24, 2.45) is 0 Å². The second-order valence-corrected chi connectivity index (χ2v) is 11.9. The molecule has 0 spiro atoms. The van der Waals surface area contributed by atoms with Crippen molar-refractivity contribution >= 4 is 35.4 Å². The third kappa shape index (κ3) is 8.73. The smallest absolute Gasteiger partial charge is 0.416 e. The zero-order chi connectivity index (χ0) is 39.8. The van der Waals surface area contributed by atoms with Crippen molar-refractivity contribution in [3.8, 4) is 16.9 Å². The van der Waals surface area contributed by atoms with Crippen molar-refractivity contribution in [3.63, 3.8) is 0 Å². The van der Waals surface area contributed by atoms with Crippen LogP contribution in [-0.2, 0) is 35.4 Å². The van der Waals surface area contributed by atoms with Gasteiger partial charge in [0.15, 0.2) is 17.0 Å². The van der Waals surface area contributed by atoms with Crippen LogP contribution < -0.4 is 10.1 Å². The number of alkyl halides is 3. The molecule has 1 N–H and O–H groups in total. The van der Waals surface area contributed by atoms with Crippen molar-refractivity contribution in [1.82, 2.24) is 4.90 Å². The highest BCUT2D eigenvalue weighted by atomic mass is 19.4. The number of anilines is 1. The van der Waals surface area contributed by atoms with Gasteiger partial charge in [-0.3, -0.25) is 24.0 Å². The summed E-state index contributed by atoms with van der Waals surface area (Å²) in [6.45, 7) is 2.77. The van der Waals surface area contributed by atoms with Gasteiger partial charge in [-0.1, -0.05) is 60.7 Å². The van der Waals surface area contributed by atoms with Gasteiger partial charge >= 0.3 is 24.1 Å². The number of esters is 3. The van der Waals surface area contributed by atoms with Crippen molar-refractivity contribution in [2.45, 2.75) is 38.3 Å². The van der Waals surface area contributed by atoms with Crippen LogP contribution in [0.2, 0.25) is 0 Å². The highest BCUT2D eigenvalue weighted by Gasteiger charge is 2.50. The number of carbonyl (C=O) groups excluding carboxylic acids is 5. The molecule has 0 bridgehead atoms. The average Bonchev–Trinajstić information content (AvgIpc) is 3.13. The second-order valence-electron chi connectivity index (χ2n) is 11.9. The molecule has 284 valence electrons. The Balaban J connectivity index is 1.68. The van der Waals surface area contributed by atoms with Gasteiger partial charge in [0.25, 0.3) is 11.8 Å². The standard InChI is InChI=1S/C39H35F5N2O8/c1-5-52-36(50)38(37(51)53-6-2,24-12-8-7-9-13-24)21-20-30(47)54-33-28(40)22-29(31(32(33)41)35(49)46(3)4)45-34(48)27-15-11-10-14-26(27)23-16-18-25(19-17-23)39(42,43)44/h7-19,22H,5-6,20-21H2,1-4H3,(H,45,48). The Labute approximate surface area is 306 Å². The lowest BCUT2D eigenvalue weighted by molar-refractivity contribution is -0.165. The number of carbonyl (C=O) groups is 5. The van der Waals surface area contributed by atoms with E-state index in [9.17, 15) is 37.1 Å². The van der Waals surface area contributed by atoms with E-state index in [1.165, 1.54) is 64.3 Å². The molecule has 4 aromatic carbocycles. The van der Waals surface area contributed by atoms with Crippen LogP contribution in [0.3, 0.4) is 0 Å². The van der Waals surface area contributed by atoms with Gasteiger partial charge in [-0.25, -0.2) is 8.78 Å². The molecule has 15 heteroatoms. The van der Waals surface area contributed by atoms with Crippen LogP contribution >= 0.6 is 0 Å². The molecule has 54 heavy (non-hydrogen) atoms. The summed E-state index contributed by atoms with van der Waals surface area (Å²) in [4.78, 5) is 67.5. The van der Waals surface area contributed by atoms with Gasteiger partial charge in [0, 0.05) is 32.1 Å². The lowest BCUT2D eigenvalue weighted by Crippen LogP contribution is -2.46. The third-order valence-corrected chi connectivity index (χ3v) is 8.17. The maximum absolute atomic E-state index is 16.1. The number of amides is 2.